The van der Waals surface area contributed by atoms with Crippen LogP contribution in [0.2, 0.25) is 5.02 Å². The molecule has 0 heterocycles. The quantitative estimate of drug-likeness (QED) is 0.856. The average Bonchev–Trinajstić information content (AvgIpc) is 2.26. The maximum absolute atomic E-state index is 11.9. The highest BCUT2D eigenvalue weighted by atomic mass is 35.5. The monoisotopic (exact) mass is 227 g/mol. The molecule has 1 amide bonds. The molecule has 1 unspecified atom stereocenters. The number of likely N-dealkylation sites (N-methyl/N-ethyl adjacent to an activating group) is 1. The van der Waals surface area contributed by atoms with Crippen LogP contribution >= 0.6 is 11.6 Å². The van der Waals surface area contributed by atoms with E-state index in [0.29, 0.717) is 10.6 Å². The molecule has 4 heteroatoms. The largest absolute Gasteiger partial charge is 0.394 e. The fourth-order valence-electron chi connectivity index (χ4n) is 1.15. The molecule has 0 aliphatic heterocycles. The topological polar surface area (TPSA) is 40.5 Å². The van der Waals surface area contributed by atoms with Crippen molar-refractivity contribution in [2.45, 2.75) is 13.0 Å². The van der Waals surface area contributed by atoms with Crippen LogP contribution in [0.25, 0.3) is 0 Å². The van der Waals surface area contributed by atoms with Crippen molar-refractivity contribution in [3.63, 3.8) is 0 Å². The summed E-state index contributed by atoms with van der Waals surface area (Å²) in [6.45, 7) is 1.71. The Morgan fingerprint density at radius 2 is 2.13 bits per heavy atom. The molecule has 1 atom stereocenters. The van der Waals surface area contributed by atoms with E-state index in [-0.39, 0.29) is 18.6 Å². The lowest BCUT2D eigenvalue weighted by atomic mass is 10.2. The van der Waals surface area contributed by atoms with Gasteiger partial charge in [-0.05, 0) is 19.1 Å². The average molecular weight is 228 g/mol. The van der Waals surface area contributed by atoms with Gasteiger partial charge < -0.3 is 10.0 Å². The summed E-state index contributed by atoms with van der Waals surface area (Å²) in [6.07, 6.45) is 0. The minimum Gasteiger partial charge on any atom is -0.394 e. The molecule has 1 N–H and O–H groups in total. The Hall–Kier alpha value is -1.06. The molecule has 3 nitrogen and oxygen atoms in total. The zero-order valence-corrected chi connectivity index (χ0v) is 9.53. The van der Waals surface area contributed by atoms with Crippen LogP contribution in [-0.2, 0) is 0 Å². The maximum atomic E-state index is 11.9. The smallest absolute Gasteiger partial charge is 0.255 e. The standard InChI is InChI=1S/C11H14ClNO2/c1-8(7-14)13(2)11(15)9-5-3-4-6-10(9)12/h3-6,8,14H,7H2,1-2H3. The van der Waals surface area contributed by atoms with E-state index in [0.717, 1.165) is 0 Å². The van der Waals surface area contributed by atoms with Crippen molar-refractivity contribution in [1.82, 2.24) is 4.90 Å². The molecule has 0 saturated heterocycles. The first-order chi connectivity index (χ1) is 7.07. The molecule has 0 fully saturated rings. The van der Waals surface area contributed by atoms with Crippen LogP contribution in [0.3, 0.4) is 0 Å². The van der Waals surface area contributed by atoms with Gasteiger partial charge in [0.2, 0.25) is 0 Å². The molecular formula is C11H14ClNO2. The summed E-state index contributed by atoms with van der Waals surface area (Å²) < 4.78 is 0. The Balaban J connectivity index is 2.90. The molecule has 0 aliphatic rings. The molecule has 0 bridgehead atoms. The molecule has 0 aliphatic carbocycles. The van der Waals surface area contributed by atoms with Crippen molar-refractivity contribution >= 4 is 17.5 Å². The number of rotatable bonds is 3. The van der Waals surface area contributed by atoms with Crippen LogP contribution in [0.15, 0.2) is 24.3 Å². The summed E-state index contributed by atoms with van der Waals surface area (Å²) in [5.41, 5.74) is 0.460. The zero-order valence-electron chi connectivity index (χ0n) is 8.77. The maximum Gasteiger partial charge on any atom is 0.255 e. The number of halogens is 1. The molecule has 1 aromatic rings. The molecule has 0 saturated carbocycles. The van der Waals surface area contributed by atoms with Crippen molar-refractivity contribution in [1.29, 1.82) is 0 Å². The summed E-state index contributed by atoms with van der Waals surface area (Å²) in [5, 5.41) is 9.37. The van der Waals surface area contributed by atoms with E-state index >= 15 is 0 Å². The van der Waals surface area contributed by atoms with E-state index in [1.807, 2.05) is 0 Å². The van der Waals surface area contributed by atoms with Crippen LogP contribution in [-0.4, -0.2) is 35.6 Å². The van der Waals surface area contributed by atoms with Crippen molar-refractivity contribution in [3.8, 4) is 0 Å². The molecule has 0 radical (unpaired) electrons. The van der Waals surface area contributed by atoms with E-state index in [1.165, 1.54) is 4.90 Å². The lowest BCUT2D eigenvalue weighted by Crippen LogP contribution is -2.37. The number of benzene rings is 1. The third-order valence-electron chi connectivity index (χ3n) is 2.35. The summed E-state index contributed by atoms with van der Waals surface area (Å²) in [4.78, 5) is 13.4. The second kappa shape index (κ2) is 5.14. The first-order valence-electron chi connectivity index (χ1n) is 4.70. The van der Waals surface area contributed by atoms with Gasteiger partial charge in [0, 0.05) is 7.05 Å². The highest BCUT2D eigenvalue weighted by Crippen LogP contribution is 2.17. The van der Waals surface area contributed by atoms with Gasteiger partial charge in [-0.25, -0.2) is 0 Å². The number of aliphatic hydroxyl groups excluding tert-OH is 1. The molecule has 1 rings (SSSR count). The van der Waals surface area contributed by atoms with E-state index in [2.05, 4.69) is 0 Å². The Labute approximate surface area is 94.3 Å². The second-order valence-electron chi connectivity index (χ2n) is 3.43. The molecule has 15 heavy (non-hydrogen) atoms. The fourth-order valence-corrected chi connectivity index (χ4v) is 1.36. The Morgan fingerprint density at radius 3 is 2.67 bits per heavy atom. The van der Waals surface area contributed by atoms with Crippen LogP contribution in [0.4, 0.5) is 0 Å². The minimum absolute atomic E-state index is 0.0628. The van der Waals surface area contributed by atoms with Gasteiger partial charge in [-0.3, -0.25) is 4.79 Å². The number of carbonyl (C=O) groups is 1. The second-order valence-corrected chi connectivity index (χ2v) is 3.83. The van der Waals surface area contributed by atoms with Crippen LogP contribution < -0.4 is 0 Å². The summed E-state index contributed by atoms with van der Waals surface area (Å²) in [5.74, 6) is -0.179. The van der Waals surface area contributed by atoms with E-state index < -0.39 is 0 Å². The number of nitrogens with zero attached hydrogens (tertiary/aromatic N) is 1. The fraction of sp³-hybridized carbons (Fsp3) is 0.364. The van der Waals surface area contributed by atoms with Crippen molar-refractivity contribution in [2.24, 2.45) is 0 Å². The van der Waals surface area contributed by atoms with Crippen LogP contribution in [0.5, 0.6) is 0 Å². The van der Waals surface area contributed by atoms with E-state index in [4.69, 9.17) is 16.7 Å². The van der Waals surface area contributed by atoms with Gasteiger partial charge in [-0.15, -0.1) is 0 Å². The number of carbonyl (C=O) groups excluding carboxylic acids is 1. The van der Waals surface area contributed by atoms with Gasteiger partial charge in [0.25, 0.3) is 5.91 Å². The minimum atomic E-state index is -0.214. The highest BCUT2D eigenvalue weighted by molar-refractivity contribution is 6.33. The summed E-state index contributed by atoms with van der Waals surface area (Å²) >= 11 is 5.90. The first kappa shape index (κ1) is 12.0. The van der Waals surface area contributed by atoms with Crippen molar-refractivity contribution in [2.75, 3.05) is 13.7 Å². The Kier molecular flexibility index (Phi) is 4.12. The van der Waals surface area contributed by atoms with Gasteiger partial charge in [0.15, 0.2) is 0 Å². The van der Waals surface area contributed by atoms with Gasteiger partial charge in [0.1, 0.15) is 0 Å². The lowest BCUT2D eigenvalue weighted by Gasteiger charge is -2.23. The third kappa shape index (κ3) is 2.70. The number of aliphatic hydroxyl groups is 1. The lowest BCUT2D eigenvalue weighted by molar-refractivity contribution is 0.0682. The van der Waals surface area contributed by atoms with Crippen LogP contribution in [0.1, 0.15) is 17.3 Å². The van der Waals surface area contributed by atoms with Gasteiger partial charge in [-0.1, -0.05) is 23.7 Å². The number of hydrogen-bond donors (Lipinski definition) is 1. The molecule has 0 spiro atoms. The summed E-state index contributed by atoms with van der Waals surface area (Å²) in [7, 11) is 1.65. The molecule has 0 aromatic heterocycles. The Morgan fingerprint density at radius 1 is 1.53 bits per heavy atom. The van der Waals surface area contributed by atoms with Crippen molar-refractivity contribution in [3.05, 3.63) is 34.9 Å². The Bertz CT molecular complexity index is 354. The van der Waals surface area contributed by atoms with Gasteiger partial charge >= 0.3 is 0 Å². The first-order valence-corrected chi connectivity index (χ1v) is 5.08. The molecular weight excluding hydrogens is 214 g/mol. The molecule has 1 aromatic carbocycles. The SMILES string of the molecule is CC(CO)N(C)C(=O)c1ccccc1Cl. The van der Waals surface area contributed by atoms with E-state index in [9.17, 15) is 4.79 Å². The summed E-state index contributed by atoms with van der Waals surface area (Å²) in [6, 6.07) is 6.66. The van der Waals surface area contributed by atoms with Gasteiger partial charge in [0.05, 0.1) is 23.2 Å². The van der Waals surface area contributed by atoms with E-state index in [1.54, 1.807) is 38.2 Å². The van der Waals surface area contributed by atoms with Gasteiger partial charge in [-0.2, -0.15) is 0 Å². The van der Waals surface area contributed by atoms with Crippen molar-refractivity contribution < 1.29 is 9.90 Å². The van der Waals surface area contributed by atoms with Crippen LogP contribution in [0, 0.1) is 0 Å². The molecule has 82 valence electrons. The number of amides is 1. The predicted molar refractivity (Wildman–Crippen MR) is 60.1 cm³/mol. The normalized spacial score (nSPS) is 12.3. The highest BCUT2D eigenvalue weighted by Gasteiger charge is 2.18. The number of hydrogen-bond acceptors (Lipinski definition) is 2. The third-order valence-corrected chi connectivity index (χ3v) is 2.68. The zero-order chi connectivity index (χ0) is 11.4. The predicted octanol–water partition coefficient (Wildman–Crippen LogP) is 1.79.